The first-order chi connectivity index (χ1) is 5.18. The summed E-state index contributed by atoms with van der Waals surface area (Å²) in [6, 6.07) is 6.76. The van der Waals surface area contributed by atoms with Gasteiger partial charge in [-0.15, -0.1) is 0 Å². The molecule has 0 aliphatic heterocycles. The van der Waals surface area contributed by atoms with Crippen molar-refractivity contribution in [3.8, 4) is 5.75 Å². The van der Waals surface area contributed by atoms with Crippen LogP contribution in [0.3, 0.4) is 0 Å². The van der Waals surface area contributed by atoms with Crippen molar-refractivity contribution < 1.29 is 18.4 Å². The zero-order chi connectivity index (χ0) is 8.27. The molecule has 0 heterocycles. The molecule has 12 heavy (non-hydrogen) atoms. The fraction of sp³-hybridized carbons (Fsp3) is 0.143. The second kappa shape index (κ2) is 4.87. The molecular formula is C7H9O4S-. The molecule has 0 amide bonds. The van der Waals surface area contributed by atoms with Crippen molar-refractivity contribution in [2.45, 2.75) is 6.92 Å². The average Bonchev–Trinajstić information content (AvgIpc) is 1.93. The molecule has 1 aromatic rings. The van der Waals surface area contributed by atoms with Gasteiger partial charge in [0.1, 0.15) is 17.1 Å². The molecule has 0 spiro atoms. The van der Waals surface area contributed by atoms with E-state index >= 15 is 0 Å². The van der Waals surface area contributed by atoms with Gasteiger partial charge in [0.25, 0.3) is 0 Å². The zero-order valence-electron chi connectivity index (χ0n) is 6.44. The molecule has 0 saturated heterocycles. The largest absolute Gasteiger partial charge is 0.740 e. The third kappa shape index (κ3) is 3.47. The molecule has 5 heteroatoms. The SMILES string of the molecule is Cc1ccc(OS(=O)[O-])cc1.O. The van der Waals surface area contributed by atoms with Crippen molar-refractivity contribution in [2.24, 2.45) is 0 Å². The predicted octanol–water partition coefficient (Wildman–Crippen LogP) is 0.343. The predicted molar refractivity (Wildman–Crippen MR) is 44.3 cm³/mol. The highest BCUT2D eigenvalue weighted by atomic mass is 32.2. The molecule has 1 rings (SSSR count). The van der Waals surface area contributed by atoms with Crippen molar-refractivity contribution >= 4 is 11.4 Å². The fourth-order valence-electron chi connectivity index (χ4n) is 0.672. The summed E-state index contributed by atoms with van der Waals surface area (Å²) in [6.45, 7) is 1.91. The Morgan fingerprint density at radius 1 is 1.33 bits per heavy atom. The molecule has 0 bridgehead atoms. The maximum atomic E-state index is 10.0. The third-order valence-corrected chi connectivity index (χ3v) is 1.51. The number of benzene rings is 1. The van der Waals surface area contributed by atoms with Crippen molar-refractivity contribution in [1.82, 2.24) is 0 Å². The first kappa shape index (κ1) is 11.1. The molecule has 4 nitrogen and oxygen atoms in total. The van der Waals surface area contributed by atoms with Gasteiger partial charge < -0.3 is 14.2 Å². The Balaban J connectivity index is 0.00000121. The van der Waals surface area contributed by atoms with Gasteiger partial charge in [0.15, 0.2) is 0 Å². The molecule has 2 N–H and O–H groups in total. The Hall–Kier alpha value is -0.910. The highest BCUT2D eigenvalue weighted by Crippen LogP contribution is 2.11. The molecule has 1 aromatic carbocycles. The summed E-state index contributed by atoms with van der Waals surface area (Å²) in [4.78, 5) is 0. The van der Waals surface area contributed by atoms with Crippen LogP contribution in [-0.2, 0) is 11.4 Å². The fourth-order valence-corrected chi connectivity index (χ4v) is 0.941. The van der Waals surface area contributed by atoms with Crippen LogP contribution in [0.5, 0.6) is 5.75 Å². The van der Waals surface area contributed by atoms with Gasteiger partial charge in [-0.1, -0.05) is 17.7 Å². The van der Waals surface area contributed by atoms with Gasteiger partial charge in [-0.05, 0) is 19.1 Å². The monoisotopic (exact) mass is 189 g/mol. The van der Waals surface area contributed by atoms with Gasteiger partial charge in [0.05, 0.1) is 0 Å². The van der Waals surface area contributed by atoms with Crippen LogP contribution in [0.1, 0.15) is 5.56 Å². The van der Waals surface area contributed by atoms with Crippen LogP contribution in [-0.4, -0.2) is 14.2 Å². The first-order valence-electron chi connectivity index (χ1n) is 3.03. The number of aryl methyl sites for hydroxylation is 1. The standard InChI is InChI=1S/C7H8O3S.H2O/c1-6-2-4-7(5-3-6)10-11(8)9;/h2-5H,1H3,(H,8,9);1H2/p-1. The van der Waals surface area contributed by atoms with E-state index in [9.17, 15) is 8.76 Å². The molecule has 0 aromatic heterocycles. The van der Waals surface area contributed by atoms with E-state index in [1.807, 2.05) is 6.92 Å². The first-order valence-corrected chi connectivity index (χ1v) is 4.03. The summed E-state index contributed by atoms with van der Waals surface area (Å²) in [7, 11) is 0. The smallest absolute Gasteiger partial charge is 0.139 e. The third-order valence-electron chi connectivity index (χ3n) is 1.19. The number of hydrogen-bond donors (Lipinski definition) is 0. The Kier molecular flexibility index (Phi) is 4.50. The van der Waals surface area contributed by atoms with E-state index in [2.05, 4.69) is 4.18 Å². The Bertz CT molecular complexity index is 257. The topological polar surface area (TPSA) is 80.9 Å². The molecule has 0 aliphatic carbocycles. The lowest BCUT2D eigenvalue weighted by Gasteiger charge is -2.06. The van der Waals surface area contributed by atoms with E-state index in [-0.39, 0.29) is 5.48 Å². The van der Waals surface area contributed by atoms with Gasteiger partial charge in [-0.3, -0.25) is 0 Å². The summed E-state index contributed by atoms with van der Waals surface area (Å²) in [5.41, 5.74) is 1.06. The quantitative estimate of drug-likeness (QED) is 0.629. The number of hydrogen-bond acceptors (Lipinski definition) is 3. The van der Waals surface area contributed by atoms with Crippen LogP contribution >= 0.6 is 0 Å². The lowest BCUT2D eigenvalue weighted by molar-refractivity contribution is 0.440. The molecule has 0 saturated carbocycles. The minimum atomic E-state index is -2.47. The normalized spacial score (nSPS) is 11.5. The van der Waals surface area contributed by atoms with Gasteiger partial charge in [-0.25, -0.2) is 4.21 Å². The minimum Gasteiger partial charge on any atom is -0.740 e. The highest BCUT2D eigenvalue weighted by Gasteiger charge is 1.90. The molecule has 1 unspecified atom stereocenters. The second-order valence-electron chi connectivity index (χ2n) is 2.10. The van der Waals surface area contributed by atoms with E-state index in [4.69, 9.17) is 0 Å². The van der Waals surface area contributed by atoms with E-state index in [0.717, 1.165) is 5.56 Å². The molecule has 0 fully saturated rings. The molecule has 0 radical (unpaired) electrons. The highest BCUT2D eigenvalue weighted by molar-refractivity contribution is 7.74. The van der Waals surface area contributed by atoms with Crippen LogP contribution in [0, 0.1) is 6.92 Å². The molecule has 1 atom stereocenters. The van der Waals surface area contributed by atoms with Crippen molar-refractivity contribution in [2.75, 3.05) is 0 Å². The summed E-state index contributed by atoms with van der Waals surface area (Å²) in [6.07, 6.45) is 0. The van der Waals surface area contributed by atoms with Gasteiger partial charge in [0, 0.05) is 0 Å². The molecular weight excluding hydrogens is 180 g/mol. The van der Waals surface area contributed by atoms with Gasteiger partial charge in [0.2, 0.25) is 0 Å². The van der Waals surface area contributed by atoms with Crippen LogP contribution in [0.2, 0.25) is 0 Å². The van der Waals surface area contributed by atoms with E-state index in [0.29, 0.717) is 5.75 Å². The lowest BCUT2D eigenvalue weighted by Crippen LogP contribution is -1.97. The van der Waals surface area contributed by atoms with Crippen LogP contribution < -0.4 is 4.18 Å². The van der Waals surface area contributed by atoms with Crippen LogP contribution in [0.4, 0.5) is 0 Å². The van der Waals surface area contributed by atoms with Gasteiger partial charge >= 0.3 is 0 Å². The Morgan fingerprint density at radius 2 is 1.83 bits per heavy atom. The van der Waals surface area contributed by atoms with Gasteiger partial charge in [-0.2, -0.15) is 0 Å². The molecule has 68 valence electrons. The number of rotatable bonds is 2. The maximum absolute atomic E-state index is 10.0. The Morgan fingerprint density at radius 3 is 2.25 bits per heavy atom. The van der Waals surface area contributed by atoms with Crippen molar-refractivity contribution in [3.05, 3.63) is 29.8 Å². The zero-order valence-corrected chi connectivity index (χ0v) is 7.26. The summed E-state index contributed by atoms with van der Waals surface area (Å²) in [5.74, 6) is 0.337. The summed E-state index contributed by atoms with van der Waals surface area (Å²) >= 11 is -2.47. The summed E-state index contributed by atoms with van der Waals surface area (Å²) < 4.78 is 24.4. The molecule has 0 aliphatic rings. The van der Waals surface area contributed by atoms with Crippen molar-refractivity contribution in [3.63, 3.8) is 0 Å². The van der Waals surface area contributed by atoms with Crippen LogP contribution in [0.15, 0.2) is 24.3 Å². The second-order valence-corrected chi connectivity index (χ2v) is 2.68. The van der Waals surface area contributed by atoms with E-state index in [1.54, 1.807) is 24.3 Å². The van der Waals surface area contributed by atoms with Crippen LogP contribution in [0.25, 0.3) is 0 Å². The van der Waals surface area contributed by atoms with E-state index < -0.39 is 11.4 Å². The maximum Gasteiger partial charge on any atom is 0.139 e. The Labute approximate surface area is 73.0 Å². The lowest BCUT2D eigenvalue weighted by atomic mass is 10.2. The van der Waals surface area contributed by atoms with E-state index in [1.165, 1.54) is 0 Å². The van der Waals surface area contributed by atoms with Crippen molar-refractivity contribution in [1.29, 1.82) is 0 Å². The summed E-state index contributed by atoms with van der Waals surface area (Å²) in [5, 5.41) is 0. The minimum absolute atomic E-state index is 0. The average molecular weight is 189 g/mol.